The van der Waals surface area contributed by atoms with Crippen molar-refractivity contribution in [3.63, 3.8) is 0 Å². The quantitative estimate of drug-likeness (QED) is 0.808. The summed E-state index contributed by atoms with van der Waals surface area (Å²) < 4.78 is 0. The molecule has 1 aromatic carbocycles. The molecule has 2 aromatic rings. The Kier molecular flexibility index (Phi) is 3.41. The molecule has 5 heteroatoms. The fraction of sp³-hybridized carbons (Fsp3) is 0.375. The van der Waals surface area contributed by atoms with E-state index in [9.17, 15) is 9.59 Å². The maximum absolute atomic E-state index is 12.6. The van der Waals surface area contributed by atoms with Crippen LogP contribution in [0.2, 0.25) is 0 Å². The summed E-state index contributed by atoms with van der Waals surface area (Å²) in [6.07, 6.45) is 5.16. The van der Waals surface area contributed by atoms with Crippen LogP contribution in [0.5, 0.6) is 0 Å². The van der Waals surface area contributed by atoms with Gasteiger partial charge in [0.1, 0.15) is 0 Å². The molecule has 1 aromatic heterocycles. The molecule has 0 saturated heterocycles. The smallest absolute Gasteiger partial charge is 0.305 e. The fourth-order valence-corrected chi connectivity index (χ4v) is 3.28. The maximum Gasteiger partial charge on any atom is 0.305 e. The van der Waals surface area contributed by atoms with Crippen molar-refractivity contribution in [3.05, 3.63) is 36.0 Å². The van der Waals surface area contributed by atoms with Crippen LogP contribution < -0.4 is 5.32 Å². The predicted octanol–water partition coefficient (Wildman–Crippen LogP) is 2.69. The molecular weight excluding hydrogens is 268 g/mol. The zero-order chi connectivity index (χ0) is 14.9. The number of H-pyrrole nitrogens is 1. The molecule has 1 aliphatic carbocycles. The van der Waals surface area contributed by atoms with Gasteiger partial charge in [-0.15, -0.1) is 0 Å². The number of aromatic amines is 1. The Morgan fingerprint density at radius 2 is 2.00 bits per heavy atom. The van der Waals surface area contributed by atoms with Crippen LogP contribution in [0.3, 0.4) is 0 Å². The number of carboxylic acid groups (broad SMARTS) is 1. The number of aliphatic carboxylic acids is 1. The molecule has 1 amide bonds. The lowest BCUT2D eigenvalue weighted by molar-refractivity contribution is -0.138. The van der Waals surface area contributed by atoms with Crippen LogP contribution in [-0.2, 0) is 4.79 Å². The minimum absolute atomic E-state index is 0.0121. The Hall–Kier alpha value is -2.30. The highest BCUT2D eigenvalue weighted by Gasteiger charge is 2.37. The summed E-state index contributed by atoms with van der Waals surface area (Å²) in [5, 5.41) is 13.0. The number of carbonyl (C=O) groups excluding carboxylic acids is 1. The molecule has 0 unspecified atom stereocenters. The number of rotatable bonds is 4. The minimum atomic E-state index is -0.864. The van der Waals surface area contributed by atoms with Gasteiger partial charge in [0.05, 0.1) is 12.0 Å². The molecule has 21 heavy (non-hydrogen) atoms. The number of hydrogen-bond donors (Lipinski definition) is 3. The minimum Gasteiger partial charge on any atom is -0.481 e. The number of carboxylic acids is 1. The molecule has 1 fully saturated rings. The first kappa shape index (κ1) is 13.7. The highest BCUT2D eigenvalue weighted by atomic mass is 16.4. The Morgan fingerprint density at radius 3 is 2.71 bits per heavy atom. The highest BCUT2D eigenvalue weighted by Crippen LogP contribution is 2.33. The van der Waals surface area contributed by atoms with E-state index >= 15 is 0 Å². The normalized spacial score (nSPS) is 17.0. The Balaban J connectivity index is 1.88. The summed E-state index contributed by atoms with van der Waals surface area (Å²) in [5.74, 6) is -1.06. The lowest BCUT2D eigenvalue weighted by Crippen LogP contribution is -2.47. The third-order valence-corrected chi connectivity index (χ3v) is 4.27. The topological polar surface area (TPSA) is 82.2 Å². The summed E-state index contributed by atoms with van der Waals surface area (Å²) in [4.78, 5) is 26.8. The van der Waals surface area contributed by atoms with Gasteiger partial charge in [-0.3, -0.25) is 9.59 Å². The molecule has 0 radical (unpaired) electrons. The van der Waals surface area contributed by atoms with Crippen molar-refractivity contribution in [2.45, 2.75) is 37.6 Å². The van der Waals surface area contributed by atoms with E-state index in [-0.39, 0.29) is 12.3 Å². The Bertz CT molecular complexity index is 684. The van der Waals surface area contributed by atoms with E-state index in [1.165, 1.54) is 0 Å². The average Bonchev–Trinajstić information content (AvgIpc) is 3.06. The number of carbonyl (C=O) groups is 2. The summed E-state index contributed by atoms with van der Waals surface area (Å²) in [7, 11) is 0. The molecule has 5 nitrogen and oxygen atoms in total. The van der Waals surface area contributed by atoms with Crippen LogP contribution >= 0.6 is 0 Å². The van der Waals surface area contributed by atoms with E-state index in [0.29, 0.717) is 5.56 Å². The van der Waals surface area contributed by atoms with Gasteiger partial charge >= 0.3 is 5.97 Å². The zero-order valence-electron chi connectivity index (χ0n) is 11.7. The number of fused-ring (bicyclic) bond motifs is 1. The van der Waals surface area contributed by atoms with Gasteiger partial charge in [0.15, 0.2) is 0 Å². The third kappa shape index (κ3) is 2.63. The summed E-state index contributed by atoms with van der Waals surface area (Å²) in [5.41, 5.74) is 0.897. The number of benzene rings is 1. The zero-order valence-corrected chi connectivity index (χ0v) is 11.7. The van der Waals surface area contributed by atoms with Gasteiger partial charge in [-0.1, -0.05) is 18.9 Å². The molecular formula is C16H18N2O3. The van der Waals surface area contributed by atoms with Crippen LogP contribution in [0.4, 0.5) is 0 Å². The van der Waals surface area contributed by atoms with E-state index in [4.69, 9.17) is 5.11 Å². The van der Waals surface area contributed by atoms with Gasteiger partial charge in [-0.25, -0.2) is 0 Å². The van der Waals surface area contributed by atoms with E-state index in [0.717, 1.165) is 36.6 Å². The van der Waals surface area contributed by atoms with E-state index in [2.05, 4.69) is 10.3 Å². The molecule has 1 aliphatic rings. The van der Waals surface area contributed by atoms with Gasteiger partial charge < -0.3 is 15.4 Å². The van der Waals surface area contributed by atoms with Crippen LogP contribution in [-0.4, -0.2) is 27.5 Å². The second-order valence-corrected chi connectivity index (χ2v) is 5.76. The largest absolute Gasteiger partial charge is 0.481 e. The van der Waals surface area contributed by atoms with Crippen LogP contribution in [0.1, 0.15) is 42.5 Å². The van der Waals surface area contributed by atoms with Crippen molar-refractivity contribution < 1.29 is 14.7 Å². The first-order valence-electron chi connectivity index (χ1n) is 7.20. The monoisotopic (exact) mass is 286 g/mol. The molecule has 0 aliphatic heterocycles. The van der Waals surface area contributed by atoms with Gasteiger partial charge in [0.2, 0.25) is 0 Å². The molecule has 110 valence electrons. The first-order chi connectivity index (χ1) is 10.1. The van der Waals surface area contributed by atoms with Crippen LogP contribution in [0.15, 0.2) is 30.5 Å². The van der Waals surface area contributed by atoms with Gasteiger partial charge in [-0.05, 0) is 31.0 Å². The second-order valence-electron chi connectivity index (χ2n) is 5.76. The van der Waals surface area contributed by atoms with E-state index in [1.807, 2.05) is 18.2 Å². The number of nitrogens with one attached hydrogen (secondary N) is 2. The predicted molar refractivity (Wildman–Crippen MR) is 79.2 cm³/mol. The van der Waals surface area contributed by atoms with Gasteiger partial charge in [0.25, 0.3) is 5.91 Å². The van der Waals surface area contributed by atoms with Crippen LogP contribution in [0.25, 0.3) is 10.9 Å². The Labute approximate surface area is 122 Å². The average molecular weight is 286 g/mol. The maximum atomic E-state index is 12.6. The summed E-state index contributed by atoms with van der Waals surface area (Å²) in [6, 6.07) is 7.37. The molecule has 1 saturated carbocycles. The second kappa shape index (κ2) is 5.24. The molecule has 3 N–H and O–H groups in total. The van der Waals surface area contributed by atoms with Crippen LogP contribution in [0, 0.1) is 0 Å². The van der Waals surface area contributed by atoms with Crippen molar-refractivity contribution in [1.29, 1.82) is 0 Å². The number of amides is 1. The standard InChI is InChI=1S/C16H18N2O3/c19-14(20)10-16(7-1-2-8-16)18-15(21)12-4-3-5-13-11(12)6-9-17-13/h3-6,9,17H,1-2,7-8,10H2,(H,18,21)(H,19,20). The Morgan fingerprint density at radius 1 is 1.24 bits per heavy atom. The summed E-state index contributed by atoms with van der Waals surface area (Å²) in [6.45, 7) is 0. The molecule has 0 bridgehead atoms. The SMILES string of the molecule is O=C(O)CC1(NC(=O)c2cccc3[nH]ccc23)CCCC1. The van der Waals surface area contributed by atoms with E-state index in [1.54, 1.807) is 12.3 Å². The van der Waals surface area contributed by atoms with Crippen molar-refractivity contribution in [1.82, 2.24) is 10.3 Å². The van der Waals surface area contributed by atoms with Crippen molar-refractivity contribution in [3.8, 4) is 0 Å². The number of aromatic nitrogens is 1. The molecule has 3 rings (SSSR count). The lowest BCUT2D eigenvalue weighted by Gasteiger charge is -2.28. The van der Waals surface area contributed by atoms with Gasteiger partial charge in [0, 0.05) is 22.7 Å². The van der Waals surface area contributed by atoms with Gasteiger partial charge in [-0.2, -0.15) is 0 Å². The van der Waals surface area contributed by atoms with Crippen molar-refractivity contribution in [2.75, 3.05) is 0 Å². The van der Waals surface area contributed by atoms with E-state index < -0.39 is 11.5 Å². The highest BCUT2D eigenvalue weighted by molar-refractivity contribution is 6.06. The molecule has 1 heterocycles. The fourth-order valence-electron chi connectivity index (χ4n) is 3.28. The summed E-state index contributed by atoms with van der Waals surface area (Å²) >= 11 is 0. The number of hydrogen-bond acceptors (Lipinski definition) is 2. The molecule has 0 atom stereocenters. The molecule has 0 spiro atoms. The lowest BCUT2D eigenvalue weighted by atomic mass is 9.92. The van der Waals surface area contributed by atoms with Crippen molar-refractivity contribution in [2.24, 2.45) is 0 Å². The van der Waals surface area contributed by atoms with Crippen molar-refractivity contribution >= 4 is 22.8 Å². The first-order valence-corrected chi connectivity index (χ1v) is 7.20. The third-order valence-electron chi connectivity index (χ3n) is 4.27.